The zero-order chi connectivity index (χ0) is 19.3. The summed E-state index contributed by atoms with van der Waals surface area (Å²) in [6, 6.07) is 12.1. The summed E-state index contributed by atoms with van der Waals surface area (Å²) in [4.78, 5) is 16.8. The molecule has 2 heterocycles. The molecule has 6 nitrogen and oxygen atoms in total. The Kier molecular flexibility index (Phi) is 6.23. The zero-order valence-electron chi connectivity index (χ0n) is 15.5. The van der Waals surface area contributed by atoms with Crippen LogP contribution in [0, 0.1) is 6.92 Å². The van der Waals surface area contributed by atoms with Gasteiger partial charge in [0.05, 0.1) is 17.1 Å². The molecule has 1 aliphatic rings. The maximum absolute atomic E-state index is 13.1. The molecule has 7 heteroatoms. The van der Waals surface area contributed by atoms with Crippen LogP contribution in [0.4, 0.5) is 0 Å². The molecule has 0 saturated carbocycles. The van der Waals surface area contributed by atoms with E-state index in [0.717, 1.165) is 24.1 Å². The van der Waals surface area contributed by atoms with Gasteiger partial charge >= 0.3 is 0 Å². The molecule has 1 aromatic heterocycles. The monoisotopic (exact) mass is 387 g/mol. The van der Waals surface area contributed by atoms with Crippen molar-refractivity contribution >= 4 is 15.9 Å². The minimum atomic E-state index is -3.60. The number of nitrogens with zero attached hydrogens (tertiary/aromatic N) is 2. The van der Waals surface area contributed by atoms with E-state index < -0.39 is 10.0 Å². The molecule has 1 N–H and O–H groups in total. The van der Waals surface area contributed by atoms with Gasteiger partial charge < -0.3 is 5.32 Å². The molecule has 2 aromatic rings. The van der Waals surface area contributed by atoms with Crippen LogP contribution in [0.1, 0.15) is 36.9 Å². The molecule has 144 valence electrons. The van der Waals surface area contributed by atoms with E-state index >= 15 is 0 Å². The van der Waals surface area contributed by atoms with E-state index in [2.05, 4.69) is 10.3 Å². The van der Waals surface area contributed by atoms with Crippen molar-refractivity contribution in [3.8, 4) is 0 Å². The van der Waals surface area contributed by atoms with Gasteiger partial charge in [0.25, 0.3) is 0 Å². The molecule has 1 amide bonds. The molecule has 0 aliphatic carbocycles. The highest BCUT2D eigenvalue weighted by Gasteiger charge is 2.34. The van der Waals surface area contributed by atoms with Crippen LogP contribution in [0.5, 0.6) is 0 Å². The molecule has 1 unspecified atom stereocenters. The number of rotatable bonds is 6. The van der Waals surface area contributed by atoms with Crippen LogP contribution in [0.2, 0.25) is 0 Å². The summed E-state index contributed by atoms with van der Waals surface area (Å²) in [7, 11) is -3.60. The van der Waals surface area contributed by atoms with Crippen molar-refractivity contribution in [2.75, 3.05) is 6.54 Å². The SMILES string of the molecule is Cc1ccc(S(=O)(=O)N2CCCCC2CC(=O)NCc2ccccn2)cc1. The van der Waals surface area contributed by atoms with Gasteiger partial charge in [-0.2, -0.15) is 4.31 Å². The molecule has 0 bridgehead atoms. The average molecular weight is 388 g/mol. The number of sulfonamides is 1. The maximum atomic E-state index is 13.1. The Balaban J connectivity index is 1.67. The quantitative estimate of drug-likeness (QED) is 0.826. The number of aromatic nitrogens is 1. The lowest BCUT2D eigenvalue weighted by Crippen LogP contribution is -2.45. The van der Waals surface area contributed by atoms with Gasteiger partial charge in [0.2, 0.25) is 15.9 Å². The topological polar surface area (TPSA) is 79.4 Å². The Morgan fingerprint density at radius 3 is 2.67 bits per heavy atom. The van der Waals surface area contributed by atoms with Crippen LogP contribution in [0.15, 0.2) is 53.6 Å². The Hall–Kier alpha value is -2.25. The van der Waals surface area contributed by atoms with Crippen LogP contribution in [-0.4, -0.2) is 36.2 Å². The van der Waals surface area contributed by atoms with Crippen LogP contribution >= 0.6 is 0 Å². The van der Waals surface area contributed by atoms with Crippen LogP contribution in [0.25, 0.3) is 0 Å². The van der Waals surface area contributed by atoms with Gasteiger partial charge in [-0.25, -0.2) is 8.42 Å². The third kappa shape index (κ3) is 4.93. The van der Waals surface area contributed by atoms with E-state index in [4.69, 9.17) is 0 Å². The predicted octanol–water partition coefficient (Wildman–Crippen LogP) is 2.64. The molecule has 0 radical (unpaired) electrons. The van der Waals surface area contributed by atoms with E-state index in [-0.39, 0.29) is 23.3 Å². The van der Waals surface area contributed by atoms with E-state index in [1.807, 2.05) is 25.1 Å². The van der Waals surface area contributed by atoms with Crippen LogP contribution in [-0.2, 0) is 21.4 Å². The Bertz CT molecular complexity index is 867. The average Bonchev–Trinajstić information content (AvgIpc) is 2.68. The lowest BCUT2D eigenvalue weighted by atomic mass is 10.0. The number of benzene rings is 1. The summed E-state index contributed by atoms with van der Waals surface area (Å²) in [6.45, 7) is 2.72. The molecule has 1 aliphatic heterocycles. The first-order chi connectivity index (χ1) is 13.0. The standard InChI is InChI=1S/C20H25N3O3S/c1-16-8-10-19(11-9-16)27(25,26)23-13-5-3-7-18(23)14-20(24)22-15-17-6-2-4-12-21-17/h2,4,6,8-12,18H,3,5,7,13-15H2,1H3,(H,22,24). The third-order valence-corrected chi connectivity index (χ3v) is 6.78. The molecule has 3 rings (SSSR count). The van der Waals surface area contributed by atoms with Crippen LogP contribution in [0.3, 0.4) is 0 Å². The molecule has 27 heavy (non-hydrogen) atoms. The highest BCUT2D eigenvalue weighted by molar-refractivity contribution is 7.89. The van der Waals surface area contributed by atoms with Gasteiger partial charge in [0, 0.05) is 25.2 Å². The largest absolute Gasteiger partial charge is 0.350 e. The summed E-state index contributed by atoms with van der Waals surface area (Å²) in [5, 5.41) is 2.84. The highest BCUT2D eigenvalue weighted by atomic mass is 32.2. The predicted molar refractivity (Wildman–Crippen MR) is 103 cm³/mol. The minimum absolute atomic E-state index is 0.156. The van der Waals surface area contributed by atoms with Gasteiger partial charge in [0.15, 0.2) is 0 Å². The van der Waals surface area contributed by atoms with Crippen molar-refractivity contribution in [1.29, 1.82) is 0 Å². The van der Waals surface area contributed by atoms with Crippen molar-refractivity contribution in [3.63, 3.8) is 0 Å². The van der Waals surface area contributed by atoms with Gasteiger partial charge in [-0.1, -0.05) is 30.2 Å². The second kappa shape index (κ2) is 8.63. The fraction of sp³-hybridized carbons (Fsp3) is 0.400. The lowest BCUT2D eigenvalue weighted by molar-refractivity contribution is -0.122. The van der Waals surface area contributed by atoms with Crippen molar-refractivity contribution < 1.29 is 13.2 Å². The second-order valence-electron chi connectivity index (χ2n) is 6.88. The van der Waals surface area contributed by atoms with Crippen molar-refractivity contribution in [3.05, 3.63) is 59.9 Å². The third-order valence-electron chi connectivity index (χ3n) is 4.81. The van der Waals surface area contributed by atoms with Crippen molar-refractivity contribution in [2.24, 2.45) is 0 Å². The summed E-state index contributed by atoms with van der Waals surface area (Å²) in [5.74, 6) is -0.156. The van der Waals surface area contributed by atoms with Gasteiger partial charge in [-0.3, -0.25) is 9.78 Å². The van der Waals surface area contributed by atoms with E-state index in [1.54, 1.807) is 30.5 Å². The van der Waals surface area contributed by atoms with Crippen molar-refractivity contribution in [1.82, 2.24) is 14.6 Å². The lowest BCUT2D eigenvalue weighted by Gasteiger charge is -2.34. The van der Waals surface area contributed by atoms with Gasteiger partial charge in [-0.15, -0.1) is 0 Å². The van der Waals surface area contributed by atoms with Crippen LogP contribution < -0.4 is 5.32 Å². The number of carbonyl (C=O) groups is 1. The Morgan fingerprint density at radius 1 is 1.19 bits per heavy atom. The van der Waals surface area contributed by atoms with E-state index in [0.29, 0.717) is 19.5 Å². The molecule has 1 saturated heterocycles. The highest BCUT2D eigenvalue weighted by Crippen LogP contribution is 2.27. The number of hydrogen-bond donors (Lipinski definition) is 1. The number of hydrogen-bond acceptors (Lipinski definition) is 4. The van der Waals surface area contributed by atoms with E-state index in [1.165, 1.54) is 4.31 Å². The molecule has 0 spiro atoms. The summed E-state index contributed by atoms with van der Waals surface area (Å²) < 4.78 is 27.6. The summed E-state index contributed by atoms with van der Waals surface area (Å²) in [6.07, 6.45) is 4.29. The molecule has 1 aromatic carbocycles. The first-order valence-electron chi connectivity index (χ1n) is 9.22. The second-order valence-corrected chi connectivity index (χ2v) is 8.77. The number of amides is 1. The first kappa shape index (κ1) is 19.5. The fourth-order valence-corrected chi connectivity index (χ4v) is 5.01. The smallest absolute Gasteiger partial charge is 0.243 e. The van der Waals surface area contributed by atoms with Crippen molar-refractivity contribution in [2.45, 2.75) is 50.1 Å². The number of piperidine rings is 1. The number of aryl methyl sites for hydroxylation is 1. The number of nitrogens with one attached hydrogen (secondary N) is 1. The number of pyridine rings is 1. The van der Waals surface area contributed by atoms with E-state index in [9.17, 15) is 13.2 Å². The summed E-state index contributed by atoms with van der Waals surface area (Å²) >= 11 is 0. The van der Waals surface area contributed by atoms with Gasteiger partial charge in [-0.05, 0) is 44.0 Å². The molecule has 1 fully saturated rings. The minimum Gasteiger partial charge on any atom is -0.350 e. The van der Waals surface area contributed by atoms with Gasteiger partial charge in [0.1, 0.15) is 0 Å². The Morgan fingerprint density at radius 2 is 1.96 bits per heavy atom. The molecular formula is C20H25N3O3S. The molecular weight excluding hydrogens is 362 g/mol. The summed E-state index contributed by atoms with van der Waals surface area (Å²) in [5.41, 5.74) is 1.79. The molecule has 1 atom stereocenters. The normalized spacial score (nSPS) is 18.2. The zero-order valence-corrected chi connectivity index (χ0v) is 16.3. The fourth-order valence-electron chi connectivity index (χ4n) is 3.32. The Labute approximate surface area is 160 Å². The maximum Gasteiger partial charge on any atom is 0.243 e. The first-order valence-corrected chi connectivity index (χ1v) is 10.7. The number of carbonyl (C=O) groups excluding carboxylic acids is 1.